The van der Waals surface area contributed by atoms with Crippen LogP contribution >= 0.6 is 11.6 Å². The van der Waals surface area contributed by atoms with Crippen molar-refractivity contribution < 1.29 is 43.2 Å². The second-order valence-corrected chi connectivity index (χ2v) is 16.8. The maximum absolute atomic E-state index is 14.8. The third-order valence-electron chi connectivity index (χ3n) is 13.6. The molecule has 284 valence electrons. The van der Waals surface area contributed by atoms with Crippen molar-refractivity contribution in [3.8, 4) is 11.5 Å². The number of amides is 2. The fourth-order valence-electron chi connectivity index (χ4n) is 11.2. The number of phenols is 1. The molecule has 3 saturated carbocycles. The van der Waals surface area contributed by atoms with E-state index >= 15 is 0 Å². The Bertz CT molecular complexity index is 2380. The molecule has 3 aliphatic heterocycles. The van der Waals surface area contributed by atoms with Crippen LogP contribution in [0.3, 0.4) is 0 Å². The van der Waals surface area contributed by atoms with Gasteiger partial charge in [-0.25, -0.2) is 4.79 Å². The summed E-state index contributed by atoms with van der Waals surface area (Å²) in [6.45, 7) is 4.39. The quantitative estimate of drug-likeness (QED) is 0.162. The van der Waals surface area contributed by atoms with Crippen LogP contribution in [0.25, 0.3) is 21.5 Å². The van der Waals surface area contributed by atoms with Crippen molar-refractivity contribution in [1.29, 1.82) is 0 Å². The number of hydrogen-bond donors (Lipinski definition) is 1. The van der Waals surface area contributed by atoms with Crippen LogP contribution in [0.2, 0.25) is 0 Å². The van der Waals surface area contributed by atoms with E-state index < -0.39 is 41.3 Å². The van der Waals surface area contributed by atoms with Gasteiger partial charge in [0.2, 0.25) is 18.1 Å². The van der Waals surface area contributed by atoms with E-state index in [0.29, 0.717) is 49.7 Å². The molecule has 55 heavy (non-hydrogen) atoms. The lowest BCUT2D eigenvalue weighted by Crippen LogP contribution is -2.49. The van der Waals surface area contributed by atoms with Crippen molar-refractivity contribution >= 4 is 68.3 Å². The lowest BCUT2D eigenvalue weighted by Gasteiger charge is -2.37. The first-order valence-corrected chi connectivity index (χ1v) is 19.6. The molecule has 4 fully saturated rings. The number of carbonyl (C=O) groups excluding carboxylic acids is 4. The molecule has 12 heteroatoms. The molecule has 2 amide bonds. The number of alkyl halides is 1. The zero-order valence-corrected chi connectivity index (χ0v) is 31.6. The SMILES string of the molecule is COC(=O)[C@@H]1C[C@H](OC(C)=O)C[C@H](Oc2cc3c(c4ccccc24)[C@H](C)CN3C(=O)C23CC4(C(=O)N5C[C@@H](CCl)c6c5cc(O)c5ccccc65)CC42C3)O1. The molecule has 1 spiro atoms. The number of fused-ring (bicyclic) bond motifs is 6. The number of hydrogen-bond acceptors (Lipinski definition) is 9. The van der Waals surface area contributed by atoms with Crippen LogP contribution in [0.5, 0.6) is 11.5 Å². The lowest BCUT2D eigenvalue weighted by molar-refractivity contribution is -0.204. The molecule has 3 heterocycles. The van der Waals surface area contributed by atoms with E-state index in [4.69, 9.17) is 30.5 Å². The fourth-order valence-corrected chi connectivity index (χ4v) is 11.4. The van der Waals surface area contributed by atoms with Crippen LogP contribution in [0.15, 0.2) is 60.7 Å². The molecule has 1 saturated heterocycles. The number of esters is 2. The monoisotopic (exact) mass is 764 g/mol. The number of carbonyl (C=O) groups is 4. The Labute approximate surface area is 322 Å². The van der Waals surface area contributed by atoms with Gasteiger partial charge in [0.1, 0.15) is 17.6 Å². The molecule has 0 bridgehead atoms. The van der Waals surface area contributed by atoms with Crippen LogP contribution in [-0.4, -0.2) is 73.4 Å². The molecular formula is C43H41ClN2O9. The van der Waals surface area contributed by atoms with Crippen LogP contribution in [0, 0.1) is 16.2 Å². The largest absolute Gasteiger partial charge is 0.507 e. The van der Waals surface area contributed by atoms with E-state index in [2.05, 4.69) is 6.92 Å². The summed E-state index contributed by atoms with van der Waals surface area (Å²) in [5.74, 6) is -0.0149. The topological polar surface area (TPSA) is 132 Å². The van der Waals surface area contributed by atoms with Gasteiger partial charge in [-0.3, -0.25) is 14.4 Å². The standard InChI is InChI=1S/C43H41ClN2O9/c1-22-17-45(31-15-33(27-9-5-7-11-29(27)36(22)31)54-35-13-25(53-23(2)47)12-34(55-35)38(49)52-3)39(50)41-19-42(21-43(41,42)20-41)40(51)46-18-24(16-44)37-28-10-6-4-8-26(28)32(48)14-30(37)46/h4-11,14-15,22,24-25,34-35,48H,12-13,16-21H2,1-3H3/t22-,24-,25+,34+,35-,41?,42?,43?/m1/s1. The Morgan fingerprint density at radius 2 is 1.47 bits per heavy atom. The molecule has 1 N–H and O–H groups in total. The minimum Gasteiger partial charge on any atom is -0.507 e. The maximum atomic E-state index is 14.8. The van der Waals surface area contributed by atoms with E-state index in [1.807, 2.05) is 64.4 Å². The van der Waals surface area contributed by atoms with E-state index in [9.17, 15) is 24.3 Å². The Kier molecular flexibility index (Phi) is 7.44. The molecule has 6 aliphatic rings. The predicted molar refractivity (Wildman–Crippen MR) is 203 cm³/mol. The summed E-state index contributed by atoms with van der Waals surface area (Å²) in [5, 5.41) is 14.4. The second kappa shape index (κ2) is 11.8. The van der Waals surface area contributed by atoms with Crippen molar-refractivity contribution in [3.63, 3.8) is 0 Å². The number of anilines is 2. The van der Waals surface area contributed by atoms with Gasteiger partial charge in [0.25, 0.3) is 0 Å². The van der Waals surface area contributed by atoms with Gasteiger partial charge in [0.05, 0.1) is 29.3 Å². The summed E-state index contributed by atoms with van der Waals surface area (Å²) in [7, 11) is 1.28. The first-order chi connectivity index (χ1) is 26.5. The van der Waals surface area contributed by atoms with E-state index in [1.54, 1.807) is 6.07 Å². The second-order valence-electron chi connectivity index (χ2n) is 16.5. The highest BCUT2D eigenvalue weighted by molar-refractivity contribution is 6.19. The van der Waals surface area contributed by atoms with Crippen molar-refractivity contribution in [2.75, 3.05) is 35.9 Å². The molecule has 0 aromatic heterocycles. The van der Waals surface area contributed by atoms with E-state index in [0.717, 1.165) is 38.4 Å². The molecule has 10 rings (SSSR count). The number of methoxy groups -OCH3 is 1. The van der Waals surface area contributed by atoms with Crippen LogP contribution in [0.1, 0.15) is 68.9 Å². The van der Waals surface area contributed by atoms with Gasteiger partial charge in [-0.2, -0.15) is 0 Å². The summed E-state index contributed by atoms with van der Waals surface area (Å²) in [5.41, 5.74) is 1.98. The number of aromatic hydroxyl groups is 1. The highest BCUT2D eigenvalue weighted by Gasteiger charge is 3.01. The van der Waals surface area contributed by atoms with E-state index in [1.165, 1.54) is 14.0 Å². The third kappa shape index (κ3) is 4.65. The minimum absolute atomic E-state index is 0.0265. The van der Waals surface area contributed by atoms with Crippen molar-refractivity contribution in [2.45, 2.75) is 76.3 Å². The average molecular weight is 765 g/mol. The smallest absolute Gasteiger partial charge is 0.335 e. The molecule has 11 nitrogen and oxygen atoms in total. The number of nitrogens with zero attached hydrogens (tertiary/aromatic N) is 2. The number of ether oxygens (including phenoxy) is 4. The number of benzene rings is 4. The number of halogens is 1. The molecule has 4 aromatic carbocycles. The molecule has 3 unspecified atom stereocenters. The molecule has 8 atom stereocenters. The Morgan fingerprint density at radius 1 is 0.855 bits per heavy atom. The van der Waals surface area contributed by atoms with Crippen molar-refractivity contribution in [1.82, 2.24) is 0 Å². The van der Waals surface area contributed by atoms with Gasteiger partial charge in [-0.15, -0.1) is 11.6 Å². The van der Waals surface area contributed by atoms with Crippen LogP contribution < -0.4 is 14.5 Å². The van der Waals surface area contributed by atoms with Gasteiger partial charge in [-0.05, 0) is 41.2 Å². The minimum atomic E-state index is -0.975. The van der Waals surface area contributed by atoms with Crippen LogP contribution in [-0.2, 0) is 33.4 Å². The Morgan fingerprint density at radius 3 is 2.11 bits per heavy atom. The lowest BCUT2D eigenvalue weighted by atomic mass is 9.72. The van der Waals surface area contributed by atoms with E-state index in [-0.39, 0.29) is 47.7 Å². The zero-order chi connectivity index (χ0) is 38.2. The average Bonchev–Trinajstić information content (AvgIpc) is 3.71. The fraction of sp³-hybridized carbons (Fsp3) is 0.442. The maximum Gasteiger partial charge on any atom is 0.335 e. The summed E-state index contributed by atoms with van der Waals surface area (Å²) in [4.78, 5) is 57.5. The number of phenolic OH excluding ortho intramolecular Hbond substituents is 1. The predicted octanol–water partition coefficient (Wildman–Crippen LogP) is 6.68. The van der Waals surface area contributed by atoms with Gasteiger partial charge >= 0.3 is 11.9 Å². The van der Waals surface area contributed by atoms with Gasteiger partial charge < -0.3 is 33.9 Å². The Hall–Kier alpha value is -4.87. The first-order valence-electron chi connectivity index (χ1n) is 19.0. The highest BCUT2D eigenvalue weighted by atomic mass is 35.5. The first kappa shape index (κ1) is 34.6. The summed E-state index contributed by atoms with van der Waals surface area (Å²) >= 11 is 6.49. The zero-order valence-electron chi connectivity index (χ0n) is 30.8. The highest BCUT2D eigenvalue weighted by Crippen LogP contribution is 3.01. The summed E-state index contributed by atoms with van der Waals surface area (Å²) in [6.07, 6.45) is -0.296. The third-order valence-corrected chi connectivity index (χ3v) is 14.0. The van der Waals surface area contributed by atoms with Gasteiger partial charge in [-0.1, -0.05) is 55.5 Å². The Balaban J connectivity index is 0.937. The molecular weight excluding hydrogens is 724 g/mol. The van der Waals surface area contributed by atoms with Crippen molar-refractivity contribution in [3.05, 3.63) is 71.8 Å². The molecule has 3 aliphatic carbocycles. The molecule has 4 aromatic rings. The van der Waals surface area contributed by atoms with Gasteiger partial charge in [0.15, 0.2) is 6.10 Å². The normalized spacial score (nSPS) is 32.2. The van der Waals surface area contributed by atoms with Crippen LogP contribution in [0.4, 0.5) is 11.4 Å². The summed E-state index contributed by atoms with van der Waals surface area (Å²) < 4.78 is 23.0. The number of rotatable bonds is 7. The van der Waals surface area contributed by atoms with Gasteiger partial charge in [0, 0.05) is 78.9 Å². The molecule has 0 radical (unpaired) electrons. The summed E-state index contributed by atoms with van der Waals surface area (Å²) in [6, 6.07) is 19.1. The van der Waals surface area contributed by atoms with Crippen molar-refractivity contribution in [2.24, 2.45) is 16.2 Å².